The van der Waals surface area contributed by atoms with Crippen molar-refractivity contribution < 1.29 is 0 Å². The van der Waals surface area contributed by atoms with E-state index in [2.05, 4.69) is 72.5 Å². The summed E-state index contributed by atoms with van der Waals surface area (Å²) >= 11 is 7.02. The summed E-state index contributed by atoms with van der Waals surface area (Å²) in [6.45, 7) is 0. The number of thiophene rings is 1. The summed E-state index contributed by atoms with van der Waals surface area (Å²) in [4.78, 5) is 1.20. The summed E-state index contributed by atoms with van der Waals surface area (Å²) in [5.74, 6) is 1.93. The fourth-order valence-electron chi connectivity index (χ4n) is 2.39. The molecule has 1 aliphatic carbocycles. The molecule has 4 rings (SSSR count). The number of nitrogens with zero attached hydrogens (tertiary/aromatic N) is 3. The first kappa shape index (κ1) is 14.5. The van der Waals surface area contributed by atoms with Crippen LogP contribution in [0, 0.1) is 0 Å². The van der Waals surface area contributed by atoms with Gasteiger partial charge in [-0.25, -0.2) is 0 Å². The third-order valence-corrected chi connectivity index (χ3v) is 5.95. The van der Waals surface area contributed by atoms with Gasteiger partial charge in [0.15, 0.2) is 11.0 Å². The molecule has 0 aliphatic heterocycles. The average Bonchev–Trinajstić information content (AvgIpc) is 3.05. The van der Waals surface area contributed by atoms with Gasteiger partial charge in [0.05, 0.1) is 4.88 Å². The van der Waals surface area contributed by atoms with E-state index in [0.29, 0.717) is 6.04 Å². The van der Waals surface area contributed by atoms with E-state index in [9.17, 15) is 0 Å². The Labute approximate surface area is 145 Å². The van der Waals surface area contributed by atoms with E-state index in [4.69, 9.17) is 0 Å². The van der Waals surface area contributed by atoms with Gasteiger partial charge in [0.25, 0.3) is 0 Å². The van der Waals surface area contributed by atoms with Crippen LogP contribution >= 0.6 is 39.0 Å². The predicted octanol–water partition coefficient (Wildman–Crippen LogP) is 5.40. The standard InChI is InChI=1S/C16H14BrN3S2/c17-12-4-1-3-11(9-12)10-22-16-19-18-15(14-5-2-8-21-14)20(16)13-6-7-13/h1-5,8-9,13H,6-7,10H2. The highest BCUT2D eigenvalue weighted by Gasteiger charge is 2.30. The van der Waals surface area contributed by atoms with E-state index in [0.717, 1.165) is 21.2 Å². The molecule has 1 aliphatic rings. The molecule has 0 spiro atoms. The van der Waals surface area contributed by atoms with Crippen LogP contribution in [0.25, 0.3) is 10.7 Å². The van der Waals surface area contributed by atoms with Crippen molar-refractivity contribution in [2.24, 2.45) is 0 Å². The summed E-state index contributed by atoms with van der Waals surface area (Å²) in [5.41, 5.74) is 1.29. The van der Waals surface area contributed by atoms with Gasteiger partial charge in [-0.05, 0) is 42.0 Å². The quantitative estimate of drug-likeness (QED) is 0.545. The van der Waals surface area contributed by atoms with Crippen LogP contribution in [0.15, 0.2) is 51.4 Å². The molecule has 1 saturated carbocycles. The molecule has 3 nitrogen and oxygen atoms in total. The monoisotopic (exact) mass is 391 g/mol. The van der Waals surface area contributed by atoms with Crippen LogP contribution in [0.3, 0.4) is 0 Å². The van der Waals surface area contributed by atoms with Crippen molar-refractivity contribution in [2.75, 3.05) is 0 Å². The Morgan fingerprint density at radius 2 is 2.14 bits per heavy atom. The fraction of sp³-hybridized carbons (Fsp3) is 0.250. The molecule has 0 amide bonds. The first-order valence-corrected chi connectivity index (χ1v) is 9.83. The van der Waals surface area contributed by atoms with Crippen molar-refractivity contribution in [3.8, 4) is 10.7 Å². The predicted molar refractivity (Wildman–Crippen MR) is 95.3 cm³/mol. The van der Waals surface area contributed by atoms with E-state index >= 15 is 0 Å². The van der Waals surface area contributed by atoms with Crippen molar-refractivity contribution in [3.63, 3.8) is 0 Å². The van der Waals surface area contributed by atoms with Gasteiger partial charge in [0.2, 0.25) is 0 Å². The molecule has 0 atom stereocenters. The Morgan fingerprint density at radius 3 is 2.86 bits per heavy atom. The van der Waals surface area contributed by atoms with E-state index in [-0.39, 0.29) is 0 Å². The first-order chi connectivity index (χ1) is 10.8. The molecule has 0 bridgehead atoms. The summed E-state index contributed by atoms with van der Waals surface area (Å²) in [7, 11) is 0. The lowest BCUT2D eigenvalue weighted by Gasteiger charge is -2.07. The Morgan fingerprint density at radius 1 is 1.23 bits per heavy atom. The highest BCUT2D eigenvalue weighted by Crippen LogP contribution is 2.42. The smallest absolute Gasteiger partial charge is 0.192 e. The summed E-state index contributed by atoms with van der Waals surface area (Å²) < 4.78 is 3.45. The lowest BCUT2D eigenvalue weighted by atomic mass is 10.2. The zero-order valence-electron chi connectivity index (χ0n) is 11.8. The van der Waals surface area contributed by atoms with E-state index in [1.54, 1.807) is 23.1 Å². The van der Waals surface area contributed by atoms with E-state index in [1.807, 2.05) is 0 Å². The second-order valence-electron chi connectivity index (χ2n) is 5.30. The van der Waals surface area contributed by atoms with Crippen molar-refractivity contribution in [2.45, 2.75) is 29.8 Å². The van der Waals surface area contributed by atoms with Crippen LogP contribution in [0.1, 0.15) is 24.4 Å². The first-order valence-electron chi connectivity index (χ1n) is 7.17. The largest absolute Gasteiger partial charge is 0.298 e. The minimum Gasteiger partial charge on any atom is -0.298 e. The number of aromatic nitrogens is 3. The van der Waals surface area contributed by atoms with Gasteiger partial charge < -0.3 is 0 Å². The van der Waals surface area contributed by atoms with Crippen LogP contribution in [-0.4, -0.2) is 14.8 Å². The molecule has 1 aromatic carbocycles. The van der Waals surface area contributed by atoms with Gasteiger partial charge in [0.1, 0.15) is 0 Å². The zero-order valence-corrected chi connectivity index (χ0v) is 15.0. The minimum absolute atomic E-state index is 0.581. The molecule has 0 unspecified atom stereocenters. The summed E-state index contributed by atoms with van der Waals surface area (Å²) in [6, 6.07) is 13.2. The van der Waals surface area contributed by atoms with Gasteiger partial charge in [-0.1, -0.05) is 45.9 Å². The van der Waals surface area contributed by atoms with Crippen molar-refractivity contribution in [1.29, 1.82) is 0 Å². The maximum Gasteiger partial charge on any atom is 0.192 e. The molecule has 0 radical (unpaired) electrons. The van der Waals surface area contributed by atoms with Crippen molar-refractivity contribution in [3.05, 3.63) is 51.8 Å². The van der Waals surface area contributed by atoms with Crippen LogP contribution in [0.2, 0.25) is 0 Å². The van der Waals surface area contributed by atoms with Gasteiger partial charge in [-0.2, -0.15) is 0 Å². The molecule has 112 valence electrons. The van der Waals surface area contributed by atoms with Crippen molar-refractivity contribution in [1.82, 2.24) is 14.8 Å². The third kappa shape index (κ3) is 3.00. The van der Waals surface area contributed by atoms with Gasteiger partial charge >= 0.3 is 0 Å². The Bertz CT molecular complexity index is 779. The number of benzene rings is 1. The van der Waals surface area contributed by atoms with Crippen LogP contribution in [-0.2, 0) is 5.75 Å². The number of rotatable bonds is 5. The van der Waals surface area contributed by atoms with E-state index < -0.39 is 0 Å². The average molecular weight is 392 g/mol. The molecule has 1 fully saturated rings. The minimum atomic E-state index is 0.581. The van der Waals surface area contributed by atoms with Gasteiger partial charge in [-0.3, -0.25) is 4.57 Å². The van der Waals surface area contributed by atoms with Gasteiger partial charge in [-0.15, -0.1) is 21.5 Å². The molecule has 22 heavy (non-hydrogen) atoms. The number of hydrogen-bond donors (Lipinski definition) is 0. The maximum absolute atomic E-state index is 4.44. The second-order valence-corrected chi connectivity index (χ2v) is 8.11. The highest BCUT2D eigenvalue weighted by atomic mass is 79.9. The lowest BCUT2D eigenvalue weighted by molar-refractivity contribution is 0.670. The maximum atomic E-state index is 4.44. The lowest BCUT2D eigenvalue weighted by Crippen LogP contribution is -1.98. The molecule has 2 aromatic heterocycles. The van der Waals surface area contributed by atoms with Crippen LogP contribution in [0.4, 0.5) is 0 Å². The zero-order chi connectivity index (χ0) is 14.9. The molecule has 2 heterocycles. The van der Waals surface area contributed by atoms with Crippen molar-refractivity contribution >= 4 is 39.0 Å². The van der Waals surface area contributed by atoms with Crippen LogP contribution < -0.4 is 0 Å². The normalized spacial score (nSPS) is 14.4. The highest BCUT2D eigenvalue weighted by molar-refractivity contribution is 9.10. The Kier molecular flexibility index (Phi) is 4.07. The molecular formula is C16H14BrN3S2. The second kappa shape index (κ2) is 6.18. The topological polar surface area (TPSA) is 30.7 Å². The Hall–Kier alpha value is -1.11. The molecule has 0 N–H and O–H groups in total. The molecular weight excluding hydrogens is 378 g/mol. The summed E-state index contributed by atoms with van der Waals surface area (Å²) in [5, 5.41) is 12.0. The van der Waals surface area contributed by atoms with Gasteiger partial charge in [0, 0.05) is 16.3 Å². The number of hydrogen-bond acceptors (Lipinski definition) is 4. The van der Waals surface area contributed by atoms with Crippen LogP contribution in [0.5, 0.6) is 0 Å². The molecule has 6 heteroatoms. The third-order valence-electron chi connectivity index (χ3n) is 3.58. The molecule has 3 aromatic rings. The fourth-order valence-corrected chi connectivity index (χ4v) is 4.49. The number of thioether (sulfide) groups is 1. The Balaban J connectivity index is 1.59. The number of halogens is 1. The van der Waals surface area contributed by atoms with E-state index in [1.165, 1.54) is 23.3 Å². The SMILES string of the molecule is Brc1cccc(CSc2nnc(-c3cccs3)n2C2CC2)c1. The molecule has 0 saturated heterocycles. The summed E-state index contributed by atoms with van der Waals surface area (Å²) in [6.07, 6.45) is 2.47.